The predicted octanol–water partition coefficient (Wildman–Crippen LogP) is -0.471. The van der Waals surface area contributed by atoms with Gasteiger partial charge in [-0.1, -0.05) is 0 Å². The molecule has 0 atom stereocenters. The van der Waals surface area contributed by atoms with Gasteiger partial charge in [0.25, 0.3) is 11.5 Å². The van der Waals surface area contributed by atoms with Crippen molar-refractivity contribution in [2.24, 2.45) is 5.90 Å². The van der Waals surface area contributed by atoms with E-state index in [-0.39, 0.29) is 17.4 Å². The Labute approximate surface area is 117 Å². The Hall–Kier alpha value is -3.27. The van der Waals surface area contributed by atoms with E-state index < -0.39 is 17.0 Å². The van der Waals surface area contributed by atoms with Crippen molar-refractivity contribution in [1.29, 1.82) is 10.8 Å². The molecule has 0 aliphatic carbocycles. The zero-order chi connectivity index (χ0) is 15.4. The molecule has 0 radical (unpaired) electrons. The highest BCUT2D eigenvalue weighted by Gasteiger charge is 2.21. The number of amides is 1. The van der Waals surface area contributed by atoms with Crippen molar-refractivity contribution in [3.63, 3.8) is 0 Å². The van der Waals surface area contributed by atoms with Crippen molar-refractivity contribution in [2.75, 3.05) is 5.32 Å². The Bertz CT molecular complexity index is 748. The Morgan fingerprint density at radius 2 is 2.29 bits per heavy atom. The number of rotatable bonds is 5. The third kappa shape index (κ3) is 2.55. The first-order valence-corrected chi connectivity index (χ1v) is 5.60. The normalized spacial score (nSPS) is 9.95. The molecule has 2 aromatic rings. The van der Waals surface area contributed by atoms with E-state index in [0.717, 1.165) is 10.8 Å². The fourth-order valence-corrected chi connectivity index (χ4v) is 1.67. The minimum Gasteiger partial charge on any atom is -0.410 e. The summed E-state index contributed by atoms with van der Waals surface area (Å²) in [5.41, 5.74) is -1.19. The fourth-order valence-electron chi connectivity index (χ4n) is 1.67. The number of nitrogens with one attached hydrogen (secondary N) is 4. The molecule has 0 unspecified atom stereocenters. The molecule has 21 heavy (non-hydrogen) atoms. The average Bonchev–Trinajstić information content (AvgIpc) is 2.98. The maximum atomic E-state index is 12.2. The van der Waals surface area contributed by atoms with Crippen molar-refractivity contribution < 1.29 is 9.63 Å². The summed E-state index contributed by atoms with van der Waals surface area (Å²) in [6, 6.07) is 1.20. The van der Waals surface area contributed by atoms with Crippen LogP contribution in [-0.4, -0.2) is 33.0 Å². The molecule has 2 heterocycles. The van der Waals surface area contributed by atoms with E-state index in [1.54, 1.807) is 0 Å². The molecule has 0 bridgehead atoms. The molecule has 1 amide bonds. The molecule has 0 saturated carbocycles. The molecule has 6 N–H and O–H groups in total. The van der Waals surface area contributed by atoms with Gasteiger partial charge in [-0.2, -0.15) is 5.90 Å². The number of nitrogens with two attached hydrogens (primary N) is 1. The Balaban J connectivity index is 2.56. The molecule has 2 rings (SSSR count). The number of pyridine rings is 1. The smallest absolute Gasteiger partial charge is 0.273 e. The second kappa shape index (κ2) is 5.79. The molecule has 2 aromatic heterocycles. The van der Waals surface area contributed by atoms with Gasteiger partial charge in [-0.25, -0.2) is 4.98 Å². The lowest BCUT2D eigenvalue weighted by Gasteiger charge is -2.10. The first-order chi connectivity index (χ1) is 10.1. The Kier molecular flexibility index (Phi) is 3.90. The molecule has 0 fully saturated rings. The summed E-state index contributed by atoms with van der Waals surface area (Å²) in [6.07, 6.45) is 4.43. The second-order valence-corrected chi connectivity index (χ2v) is 3.77. The van der Waals surface area contributed by atoms with Gasteiger partial charge in [-0.15, -0.1) is 0 Å². The van der Waals surface area contributed by atoms with E-state index >= 15 is 0 Å². The lowest BCUT2D eigenvalue weighted by Crippen LogP contribution is -2.32. The van der Waals surface area contributed by atoms with Gasteiger partial charge in [0.2, 0.25) is 5.95 Å². The van der Waals surface area contributed by atoms with Crippen LogP contribution in [0.25, 0.3) is 0 Å². The number of nitrogens with zero attached hydrogens (tertiary/aromatic N) is 2. The summed E-state index contributed by atoms with van der Waals surface area (Å²) in [7, 11) is 0. The Morgan fingerprint density at radius 3 is 2.81 bits per heavy atom. The van der Waals surface area contributed by atoms with Crippen LogP contribution >= 0.6 is 0 Å². The van der Waals surface area contributed by atoms with E-state index in [0.29, 0.717) is 6.34 Å². The van der Waals surface area contributed by atoms with Crippen LogP contribution in [0.5, 0.6) is 5.75 Å². The van der Waals surface area contributed by atoms with Crippen LogP contribution in [0.15, 0.2) is 23.3 Å². The highest BCUT2D eigenvalue weighted by atomic mass is 16.6. The maximum Gasteiger partial charge on any atom is 0.273 e. The van der Waals surface area contributed by atoms with Gasteiger partial charge in [0.15, 0.2) is 11.3 Å². The number of imidazole rings is 1. The second-order valence-electron chi connectivity index (χ2n) is 3.77. The van der Waals surface area contributed by atoms with Crippen LogP contribution in [0.2, 0.25) is 0 Å². The molecule has 0 saturated heterocycles. The summed E-state index contributed by atoms with van der Waals surface area (Å²) >= 11 is 0. The monoisotopic (exact) mass is 289 g/mol. The predicted molar refractivity (Wildman–Crippen MR) is 74.1 cm³/mol. The van der Waals surface area contributed by atoms with Crippen LogP contribution in [0, 0.1) is 10.8 Å². The van der Waals surface area contributed by atoms with Crippen molar-refractivity contribution in [3.8, 4) is 5.75 Å². The minimum absolute atomic E-state index is 0.0463. The van der Waals surface area contributed by atoms with Crippen molar-refractivity contribution in [3.05, 3.63) is 40.1 Å². The van der Waals surface area contributed by atoms with Crippen molar-refractivity contribution >= 4 is 24.4 Å². The Morgan fingerprint density at radius 1 is 1.52 bits per heavy atom. The zero-order valence-electron chi connectivity index (χ0n) is 10.6. The van der Waals surface area contributed by atoms with Gasteiger partial charge in [-0.3, -0.25) is 24.9 Å². The summed E-state index contributed by atoms with van der Waals surface area (Å²) in [5.74, 6) is 4.19. The third-order valence-electron chi connectivity index (χ3n) is 2.60. The number of hydrogen-bond acceptors (Lipinski definition) is 7. The van der Waals surface area contributed by atoms with Gasteiger partial charge in [0, 0.05) is 24.7 Å². The maximum absolute atomic E-state index is 12.2. The molecule has 0 aliphatic heterocycles. The quantitative estimate of drug-likeness (QED) is 0.285. The highest BCUT2D eigenvalue weighted by molar-refractivity contribution is 6.05. The largest absolute Gasteiger partial charge is 0.410 e. The van der Waals surface area contributed by atoms with E-state index in [4.69, 9.17) is 16.7 Å². The number of aromatic amines is 1. The molecular weight excluding hydrogens is 278 g/mol. The number of anilines is 1. The van der Waals surface area contributed by atoms with E-state index in [2.05, 4.69) is 20.1 Å². The van der Waals surface area contributed by atoms with Crippen LogP contribution < -0.4 is 21.6 Å². The molecule has 0 aliphatic rings. The van der Waals surface area contributed by atoms with Crippen LogP contribution in [0.4, 0.5) is 5.95 Å². The molecule has 0 aromatic carbocycles. The van der Waals surface area contributed by atoms with Gasteiger partial charge >= 0.3 is 0 Å². The average molecular weight is 289 g/mol. The van der Waals surface area contributed by atoms with E-state index in [9.17, 15) is 9.59 Å². The third-order valence-corrected chi connectivity index (χ3v) is 2.60. The summed E-state index contributed by atoms with van der Waals surface area (Å²) in [5, 5.41) is 16.8. The number of aromatic nitrogens is 3. The van der Waals surface area contributed by atoms with Gasteiger partial charge in [0.1, 0.15) is 0 Å². The summed E-state index contributed by atoms with van der Waals surface area (Å²) < 4.78 is 0.812. The first kappa shape index (κ1) is 14.1. The number of carbonyl (C=O) groups excluding carboxylic acids is 1. The topological polar surface area (TPSA) is 163 Å². The van der Waals surface area contributed by atoms with Gasteiger partial charge < -0.3 is 15.2 Å². The van der Waals surface area contributed by atoms with Crippen LogP contribution in [0.3, 0.4) is 0 Å². The molecule has 10 nitrogen and oxygen atoms in total. The summed E-state index contributed by atoms with van der Waals surface area (Å²) in [6.45, 7) is 0. The first-order valence-electron chi connectivity index (χ1n) is 5.60. The van der Waals surface area contributed by atoms with Gasteiger partial charge in [-0.05, 0) is 0 Å². The minimum atomic E-state index is -0.837. The van der Waals surface area contributed by atoms with Crippen molar-refractivity contribution in [2.45, 2.75) is 0 Å². The number of carbonyl (C=O) groups is 1. The lowest BCUT2D eigenvalue weighted by molar-refractivity contribution is 0.102. The zero-order valence-corrected chi connectivity index (χ0v) is 10.6. The van der Waals surface area contributed by atoms with E-state index in [1.807, 2.05) is 0 Å². The SMILES string of the molecule is N=Cc1cc(ON)c(C(=O)Nc2ncc[nH]2)c(=O)n1C=N. The van der Waals surface area contributed by atoms with Crippen molar-refractivity contribution in [1.82, 2.24) is 14.5 Å². The van der Waals surface area contributed by atoms with Crippen LogP contribution in [-0.2, 0) is 0 Å². The fraction of sp³-hybridized carbons (Fsp3) is 0. The van der Waals surface area contributed by atoms with E-state index in [1.165, 1.54) is 18.5 Å². The summed E-state index contributed by atoms with van der Waals surface area (Å²) in [4.78, 5) is 35.3. The number of hydrogen-bond donors (Lipinski definition) is 5. The number of H-pyrrole nitrogens is 1. The molecule has 10 heteroatoms. The lowest BCUT2D eigenvalue weighted by atomic mass is 10.2. The van der Waals surface area contributed by atoms with Crippen LogP contribution in [0.1, 0.15) is 16.1 Å². The molecular formula is C11H11N7O3. The van der Waals surface area contributed by atoms with Gasteiger partial charge in [0.05, 0.1) is 12.0 Å². The standard InChI is InChI=1S/C11H11N7O3/c12-4-6-3-7(21-14)8(10(20)18(6)5-13)9(19)17-11-15-1-2-16-11/h1-5,12-13H,14H2,(H2,15,16,17,19). The highest BCUT2D eigenvalue weighted by Crippen LogP contribution is 2.16. The molecule has 0 spiro atoms. The molecule has 108 valence electrons.